The minimum Gasteiger partial charge on any atom is -0.382 e. The number of hydrogen-bond donors (Lipinski definition) is 1. The maximum absolute atomic E-state index is 13.4. The molecule has 1 heterocycles. The molecule has 1 aliphatic heterocycles. The quantitative estimate of drug-likeness (QED) is 0.669. The summed E-state index contributed by atoms with van der Waals surface area (Å²) in [5, 5.41) is 14.1. The second-order valence-electron chi connectivity index (χ2n) is 6.10. The second-order valence-corrected chi connectivity index (χ2v) is 6.10. The van der Waals surface area contributed by atoms with Crippen molar-refractivity contribution in [2.75, 3.05) is 18.4 Å². The van der Waals surface area contributed by atoms with Crippen LogP contribution in [-0.2, 0) is 6.54 Å². The van der Waals surface area contributed by atoms with Crippen molar-refractivity contribution in [3.63, 3.8) is 0 Å². The molecular weight excluding hydrogens is 309 g/mol. The molecule has 0 amide bonds. The van der Waals surface area contributed by atoms with Gasteiger partial charge in [-0.15, -0.1) is 0 Å². The zero-order valence-corrected chi connectivity index (χ0v) is 13.3. The van der Waals surface area contributed by atoms with E-state index in [9.17, 15) is 14.5 Å². The minimum absolute atomic E-state index is 0.252. The number of nitro groups is 1. The highest BCUT2D eigenvalue weighted by molar-refractivity contribution is 5.52. The van der Waals surface area contributed by atoms with E-state index in [0.717, 1.165) is 38.5 Å². The number of nitrogens with one attached hydrogen (secondary N) is 1. The van der Waals surface area contributed by atoms with Gasteiger partial charge in [-0.1, -0.05) is 30.3 Å². The highest BCUT2D eigenvalue weighted by Gasteiger charge is 2.20. The molecule has 0 unspecified atom stereocenters. The molecule has 126 valence electrons. The fourth-order valence-corrected chi connectivity index (χ4v) is 3.06. The SMILES string of the molecule is O=[N+]([O-])c1cc(NC2CCN(Cc3ccccc3)CC2)ccc1F. The number of nitro benzene ring substituents is 1. The molecule has 0 atom stereocenters. The second kappa shape index (κ2) is 7.40. The summed E-state index contributed by atoms with van der Waals surface area (Å²) >= 11 is 0. The third-order valence-electron chi connectivity index (χ3n) is 4.35. The molecule has 5 nitrogen and oxygen atoms in total. The minimum atomic E-state index is -0.803. The van der Waals surface area contributed by atoms with E-state index in [1.165, 1.54) is 11.6 Å². The van der Waals surface area contributed by atoms with Crippen LogP contribution in [0, 0.1) is 15.9 Å². The zero-order chi connectivity index (χ0) is 16.9. The average molecular weight is 329 g/mol. The molecule has 0 aromatic heterocycles. The van der Waals surface area contributed by atoms with Gasteiger partial charge >= 0.3 is 5.69 Å². The van der Waals surface area contributed by atoms with Gasteiger partial charge in [0.05, 0.1) is 4.92 Å². The number of nitrogens with zero attached hydrogens (tertiary/aromatic N) is 2. The van der Waals surface area contributed by atoms with Crippen molar-refractivity contribution in [3.05, 3.63) is 70.0 Å². The molecule has 0 aliphatic carbocycles. The normalized spacial score (nSPS) is 16.0. The Bertz CT molecular complexity index is 701. The molecule has 1 aliphatic rings. The molecule has 2 aromatic carbocycles. The number of hydrogen-bond acceptors (Lipinski definition) is 4. The first-order chi connectivity index (χ1) is 11.6. The van der Waals surface area contributed by atoms with Crippen LogP contribution in [0.25, 0.3) is 0 Å². The maximum Gasteiger partial charge on any atom is 0.306 e. The third-order valence-corrected chi connectivity index (χ3v) is 4.35. The summed E-state index contributed by atoms with van der Waals surface area (Å²) in [6.45, 7) is 2.88. The summed E-state index contributed by atoms with van der Waals surface area (Å²) in [7, 11) is 0. The van der Waals surface area contributed by atoms with Crippen LogP contribution in [0.3, 0.4) is 0 Å². The lowest BCUT2D eigenvalue weighted by Crippen LogP contribution is -2.38. The maximum atomic E-state index is 13.4. The zero-order valence-electron chi connectivity index (χ0n) is 13.3. The smallest absolute Gasteiger partial charge is 0.306 e. The first-order valence-corrected chi connectivity index (χ1v) is 8.08. The molecule has 1 fully saturated rings. The number of likely N-dealkylation sites (tertiary alicyclic amines) is 1. The fraction of sp³-hybridized carbons (Fsp3) is 0.333. The van der Waals surface area contributed by atoms with Crippen molar-refractivity contribution in [1.29, 1.82) is 0 Å². The summed E-state index contributed by atoms with van der Waals surface area (Å²) in [5.41, 5.74) is 1.42. The Balaban J connectivity index is 1.54. The molecule has 1 N–H and O–H groups in total. The number of anilines is 1. The number of rotatable bonds is 5. The van der Waals surface area contributed by atoms with E-state index in [1.807, 2.05) is 18.2 Å². The van der Waals surface area contributed by atoms with Gasteiger partial charge in [-0.25, -0.2) is 0 Å². The van der Waals surface area contributed by atoms with Gasteiger partial charge in [0.15, 0.2) is 0 Å². The van der Waals surface area contributed by atoms with E-state index in [0.29, 0.717) is 5.69 Å². The molecule has 6 heteroatoms. The Morgan fingerprint density at radius 1 is 1.17 bits per heavy atom. The monoisotopic (exact) mass is 329 g/mol. The lowest BCUT2D eigenvalue weighted by molar-refractivity contribution is -0.387. The average Bonchev–Trinajstić information content (AvgIpc) is 2.59. The van der Waals surface area contributed by atoms with Crippen LogP contribution >= 0.6 is 0 Å². The Labute approximate surface area is 140 Å². The highest BCUT2D eigenvalue weighted by atomic mass is 19.1. The highest BCUT2D eigenvalue weighted by Crippen LogP contribution is 2.24. The van der Waals surface area contributed by atoms with E-state index in [1.54, 1.807) is 6.07 Å². The van der Waals surface area contributed by atoms with Crippen LogP contribution in [0.15, 0.2) is 48.5 Å². The topological polar surface area (TPSA) is 58.4 Å². The Morgan fingerprint density at radius 3 is 2.54 bits per heavy atom. The van der Waals surface area contributed by atoms with Crippen molar-refractivity contribution >= 4 is 11.4 Å². The predicted octanol–water partition coefficient (Wildman–Crippen LogP) is 3.81. The van der Waals surface area contributed by atoms with Gasteiger partial charge in [-0.05, 0) is 30.5 Å². The lowest BCUT2D eigenvalue weighted by atomic mass is 10.0. The van der Waals surface area contributed by atoms with Crippen molar-refractivity contribution in [1.82, 2.24) is 4.90 Å². The molecule has 24 heavy (non-hydrogen) atoms. The van der Waals surface area contributed by atoms with E-state index >= 15 is 0 Å². The van der Waals surface area contributed by atoms with Gasteiger partial charge in [0.2, 0.25) is 5.82 Å². The van der Waals surface area contributed by atoms with Crippen LogP contribution in [0.1, 0.15) is 18.4 Å². The molecule has 0 radical (unpaired) electrons. The van der Waals surface area contributed by atoms with Crippen LogP contribution in [0.2, 0.25) is 0 Å². The van der Waals surface area contributed by atoms with E-state index in [2.05, 4.69) is 22.3 Å². The van der Waals surface area contributed by atoms with E-state index in [-0.39, 0.29) is 6.04 Å². The summed E-state index contributed by atoms with van der Waals surface area (Å²) in [4.78, 5) is 12.5. The van der Waals surface area contributed by atoms with Crippen molar-refractivity contribution in [2.45, 2.75) is 25.4 Å². The van der Waals surface area contributed by atoms with Crippen molar-refractivity contribution in [2.24, 2.45) is 0 Å². The van der Waals surface area contributed by atoms with Gasteiger partial charge in [0.1, 0.15) is 0 Å². The predicted molar refractivity (Wildman–Crippen MR) is 91.4 cm³/mol. The third kappa shape index (κ3) is 4.08. The molecule has 3 rings (SSSR count). The summed E-state index contributed by atoms with van der Waals surface area (Å²) in [6.07, 6.45) is 1.91. The Kier molecular flexibility index (Phi) is 5.05. The molecule has 0 spiro atoms. The molecule has 1 saturated heterocycles. The standard InChI is InChI=1S/C18H20FN3O2/c19-17-7-6-16(12-18(17)22(23)24)20-15-8-10-21(11-9-15)13-14-4-2-1-3-5-14/h1-7,12,15,20H,8-11,13H2. The van der Waals surface area contributed by atoms with Gasteiger partial charge < -0.3 is 5.32 Å². The fourth-order valence-electron chi connectivity index (χ4n) is 3.06. The van der Waals surface area contributed by atoms with Crippen molar-refractivity contribution < 1.29 is 9.31 Å². The van der Waals surface area contributed by atoms with Gasteiger partial charge in [0, 0.05) is 37.4 Å². The molecule has 2 aromatic rings. The van der Waals surface area contributed by atoms with E-state index < -0.39 is 16.4 Å². The first kappa shape index (κ1) is 16.4. The first-order valence-electron chi connectivity index (χ1n) is 8.08. The number of halogens is 1. The van der Waals surface area contributed by atoms with Crippen molar-refractivity contribution in [3.8, 4) is 0 Å². The number of piperidine rings is 1. The Hall–Kier alpha value is -2.47. The molecular formula is C18H20FN3O2. The lowest BCUT2D eigenvalue weighted by Gasteiger charge is -2.32. The summed E-state index contributed by atoms with van der Waals surface area (Å²) < 4.78 is 13.4. The van der Waals surface area contributed by atoms with Crippen LogP contribution in [0.4, 0.5) is 15.8 Å². The van der Waals surface area contributed by atoms with Crippen LogP contribution in [-0.4, -0.2) is 29.0 Å². The van der Waals surface area contributed by atoms with Gasteiger partial charge in [-0.3, -0.25) is 15.0 Å². The molecule has 0 saturated carbocycles. The Morgan fingerprint density at radius 2 is 1.88 bits per heavy atom. The number of benzene rings is 2. The molecule has 0 bridgehead atoms. The summed E-state index contributed by atoms with van der Waals surface area (Å²) in [5.74, 6) is -0.803. The van der Waals surface area contributed by atoms with Gasteiger partial charge in [0.25, 0.3) is 0 Å². The van der Waals surface area contributed by atoms with E-state index in [4.69, 9.17) is 0 Å². The van der Waals surface area contributed by atoms with Gasteiger partial charge in [-0.2, -0.15) is 4.39 Å². The van der Waals surface area contributed by atoms with Crippen LogP contribution in [0.5, 0.6) is 0 Å². The van der Waals surface area contributed by atoms with Crippen LogP contribution < -0.4 is 5.32 Å². The summed E-state index contributed by atoms with van der Waals surface area (Å²) in [6, 6.07) is 14.6. The largest absolute Gasteiger partial charge is 0.382 e.